The van der Waals surface area contributed by atoms with Gasteiger partial charge in [-0.2, -0.15) is 0 Å². The van der Waals surface area contributed by atoms with Crippen LogP contribution < -0.4 is 54.8 Å². The minimum absolute atomic E-state index is 0.00855. The Bertz CT molecular complexity index is 1280. The Morgan fingerprint density at radius 2 is 1.32 bits per heavy atom. The Labute approximate surface area is 292 Å². The summed E-state index contributed by atoms with van der Waals surface area (Å²) in [7, 11) is 0. The zero-order valence-electron chi connectivity index (χ0n) is 28.4. The number of rotatable bonds is 11. The smallest absolute Gasteiger partial charge is 0.245 e. The van der Waals surface area contributed by atoms with Crippen LogP contribution in [0.15, 0.2) is 35.3 Å². The van der Waals surface area contributed by atoms with E-state index in [2.05, 4.69) is 36.9 Å². The Morgan fingerprint density at radius 1 is 0.720 bits per heavy atom. The van der Waals surface area contributed by atoms with Crippen LogP contribution >= 0.6 is 0 Å². The van der Waals surface area contributed by atoms with Crippen molar-refractivity contribution in [3.05, 3.63) is 35.9 Å². The summed E-state index contributed by atoms with van der Waals surface area (Å²) < 4.78 is 5.50. The van der Waals surface area contributed by atoms with E-state index in [9.17, 15) is 28.8 Å². The predicted molar refractivity (Wildman–Crippen MR) is 186 cm³/mol. The number of nitrogens with two attached hydrogens (primary N) is 4. The van der Waals surface area contributed by atoms with Crippen LogP contribution in [0.2, 0.25) is 0 Å². The highest BCUT2D eigenvalue weighted by molar-refractivity contribution is 5.93. The highest BCUT2D eigenvalue weighted by atomic mass is 16.5. The van der Waals surface area contributed by atoms with Gasteiger partial charge in [-0.1, -0.05) is 30.3 Å². The molecule has 278 valence electrons. The van der Waals surface area contributed by atoms with Crippen LogP contribution in [-0.2, 0) is 39.9 Å². The number of unbranched alkanes of at least 4 members (excludes halogenated alkanes) is 2. The van der Waals surface area contributed by atoms with Gasteiger partial charge in [-0.25, -0.2) is 4.99 Å². The van der Waals surface area contributed by atoms with Crippen molar-refractivity contribution in [2.45, 2.75) is 69.5 Å². The molecule has 50 heavy (non-hydrogen) atoms. The average Bonchev–Trinajstić information content (AvgIpc) is 3.09. The molecule has 1 aromatic carbocycles. The van der Waals surface area contributed by atoms with Crippen LogP contribution in [0.1, 0.15) is 50.5 Å². The number of nitrogens with zero attached hydrogens (tertiary/aromatic N) is 1. The molecule has 1 aliphatic heterocycles. The van der Waals surface area contributed by atoms with Gasteiger partial charge in [0.15, 0.2) is 5.96 Å². The van der Waals surface area contributed by atoms with Gasteiger partial charge in [0.25, 0.3) is 0 Å². The van der Waals surface area contributed by atoms with Crippen molar-refractivity contribution in [1.82, 2.24) is 31.9 Å². The summed E-state index contributed by atoms with van der Waals surface area (Å²) in [5.74, 6) is -4.60. The molecule has 4 atom stereocenters. The van der Waals surface area contributed by atoms with Crippen molar-refractivity contribution in [2.24, 2.45) is 33.8 Å². The molecule has 18 nitrogen and oxygen atoms in total. The number of benzene rings is 1. The normalized spacial score (nSPS) is 22.5. The van der Waals surface area contributed by atoms with Gasteiger partial charge in [0.1, 0.15) is 24.9 Å². The van der Waals surface area contributed by atoms with Crippen LogP contribution in [0.3, 0.4) is 0 Å². The first-order chi connectivity index (χ1) is 24.0. The van der Waals surface area contributed by atoms with Crippen LogP contribution in [0.25, 0.3) is 0 Å². The molecule has 0 radical (unpaired) electrons. The number of nitrogens with one attached hydrogen (secondary N) is 6. The summed E-state index contributed by atoms with van der Waals surface area (Å²) >= 11 is 0. The first-order valence-corrected chi connectivity index (χ1v) is 16.8. The number of amides is 6. The van der Waals surface area contributed by atoms with E-state index in [1.165, 1.54) is 0 Å². The number of ether oxygens (including phenoxy) is 1. The second kappa shape index (κ2) is 23.5. The van der Waals surface area contributed by atoms with Crippen LogP contribution in [-0.4, -0.2) is 106 Å². The van der Waals surface area contributed by atoms with E-state index < -0.39 is 72.6 Å². The molecule has 18 heteroatoms. The fourth-order valence-corrected chi connectivity index (χ4v) is 5.01. The van der Waals surface area contributed by atoms with Crippen molar-refractivity contribution in [3.8, 4) is 0 Å². The lowest BCUT2D eigenvalue weighted by atomic mass is 9.97. The maximum absolute atomic E-state index is 13.7. The second-order valence-electron chi connectivity index (χ2n) is 11.8. The third kappa shape index (κ3) is 16.5. The minimum atomic E-state index is -1.10. The van der Waals surface area contributed by atoms with Crippen molar-refractivity contribution in [1.29, 1.82) is 0 Å². The van der Waals surface area contributed by atoms with Crippen LogP contribution in [0.4, 0.5) is 0 Å². The molecule has 0 spiro atoms. The average molecular weight is 704 g/mol. The van der Waals surface area contributed by atoms with Crippen molar-refractivity contribution < 1.29 is 33.5 Å². The van der Waals surface area contributed by atoms with E-state index in [4.69, 9.17) is 27.7 Å². The fourth-order valence-electron chi connectivity index (χ4n) is 5.01. The molecule has 0 unspecified atom stereocenters. The van der Waals surface area contributed by atoms with E-state index in [-0.39, 0.29) is 51.5 Å². The molecule has 6 amide bonds. The summed E-state index contributed by atoms with van der Waals surface area (Å²) in [6.07, 6.45) is 3.09. The number of carbonyl (C=O) groups excluding carboxylic acids is 6. The number of carbonyl (C=O) groups is 6. The van der Waals surface area contributed by atoms with Gasteiger partial charge in [0.05, 0.1) is 25.6 Å². The quantitative estimate of drug-likeness (QED) is 0.0614. The summed E-state index contributed by atoms with van der Waals surface area (Å²) in [5, 5.41) is 15.7. The molecule has 1 fully saturated rings. The molecule has 0 aromatic heterocycles. The molecule has 0 bridgehead atoms. The summed E-state index contributed by atoms with van der Waals surface area (Å²) in [4.78, 5) is 82.2. The Hall–Kier alpha value is -4.81. The van der Waals surface area contributed by atoms with Gasteiger partial charge >= 0.3 is 0 Å². The number of aliphatic imine (C=N–C) groups is 1. The number of guanidine groups is 1. The third-order valence-electron chi connectivity index (χ3n) is 7.76. The minimum Gasteiger partial charge on any atom is -0.370 e. The van der Waals surface area contributed by atoms with Gasteiger partial charge < -0.3 is 59.6 Å². The molecule has 1 aliphatic rings. The predicted octanol–water partition coefficient (Wildman–Crippen LogP) is -3.44. The fraction of sp³-hybridized carbons (Fsp3) is 0.594. The highest BCUT2D eigenvalue weighted by Gasteiger charge is 2.29. The topological polar surface area (TPSA) is 300 Å². The Kier molecular flexibility index (Phi) is 19.5. The van der Waals surface area contributed by atoms with Crippen molar-refractivity contribution in [3.63, 3.8) is 0 Å². The van der Waals surface area contributed by atoms with Crippen LogP contribution in [0, 0.1) is 5.92 Å². The van der Waals surface area contributed by atoms with Gasteiger partial charge in [0, 0.05) is 13.0 Å². The third-order valence-corrected chi connectivity index (χ3v) is 7.76. The van der Waals surface area contributed by atoms with Crippen LogP contribution in [0.5, 0.6) is 0 Å². The summed E-state index contributed by atoms with van der Waals surface area (Å²) in [6.45, 7) is -0.495. The van der Waals surface area contributed by atoms with Crippen molar-refractivity contribution in [2.75, 3.05) is 46.1 Å². The van der Waals surface area contributed by atoms with E-state index in [1.807, 2.05) is 30.3 Å². The highest BCUT2D eigenvalue weighted by Crippen LogP contribution is 2.11. The van der Waals surface area contributed by atoms with Gasteiger partial charge in [-0.05, 0) is 63.6 Å². The van der Waals surface area contributed by atoms with Gasteiger partial charge in [0.2, 0.25) is 35.4 Å². The SMILES string of the molecule is NCCCC[C@@H]1NC(=O)[C@@H](Cc2ccccc2)CNC(=O)CNC(=O)CNC(=O)[C@H](N=C(N)N)CCOCNC(=O)[C@H](CCCCN)NC1=O. The molecule has 14 N–H and O–H groups in total. The summed E-state index contributed by atoms with van der Waals surface area (Å²) in [5.41, 5.74) is 23.1. The molecular weight excluding hydrogens is 650 g/mol. The molecule has 2 rings (SSSR count). The molecule has 1 heterocycles. The molecule has 0 saturated carbocycles. The lowest BCUT2D eigenvalue weighted by Gasteiger charge is -2.25. The first-order valence-electron chi connectivity index (χ1n) is 16.8. The monoisotopic (exact) mass is 703 g/mol. The maximum atomic E-state index is 13.7. The van der Waals surface area contributed by atoms with E-state index >= 15 is 0 Å². The molecule has 1 aromatic rings. The lowest BCUT2D eigenvalue weighted by Crippen LogP contribution is -2.55. The molecule has 1 saturated heterocycles. The molecular formula is C32H53N11O7. The maximum Gasteiger partial charge on any atom is 0.245 e. The van der Waals surface area contributed by atoms with Gasteiger partial charge in [-0.3, -0.25) is 28.8 Å². The zero-order chi connectivity index (χ0) is 36.7. The Balaban J connectivity index is 2.35. The largest absolute Gasteiger partial charge is 0.370 e. The number of hydrogen-bond acceptors (Lipinski definition) is 10. The standard InChI is InChI=1S/C32H53N11O7/c33-13-6-4-10-23-30(48)40-20-50-15-12-25(43-32(35)36)29(47)39-19-27(45)38-18-26(44)37-17-22(16-21-8-2-1-3-9-21)28(46)41-24(31(49)42-23)11-5-7-14-34/h1-3,8-9,22-25H,4-7,10-20,33-34H2,(H,37,44)(H,38,45)(H,39,47)(H,40,48)(H,41,46)(H,42,49)(H4,35,36,43)/t22-,23-,24-,25+/m0/s1. The van der Waals surface area contributed by atoms with Crippen molar-refractivity contribution >= 4 is 41.4 Å². The zero-order valence-corrected chi connectivity index (χ0v) is 28.4. The van der Waals surface area contributed by atoms with Gasteiger partial charge in [-0.15, -0.1) is 0 Å². The second-order valence-corrected chi connectivity index (χ2v) is 11.8. The summed E-state index contributed by atoms with van der Waals surface area (Å²) in [6, 6.07) is 6.10. The molecule has 0 aliphatic carbocycles. The first kappa shape index (κ1) is 41.4. The lowest BCUT2D eigenvalue weighted by molar-refractivity contribution is -0.134. The van der Waals surface area contributed by atoms with E-state index in [1.54, 1.807) is 0 Å². The van der Waals surface area contributed by atoms with E-state index in [0.29, 0.717) is 38.8 Å². The number of hydrogen-bond donors (Lipinski definition) is 10. The Morgan fingerprint density at radius 3 is 1.96 bits per heavy atom. The van der Waals surface area contributed by atoms with E-state index in [0.717, 1.165) is 5.56 Å².